The van der Waals surface area contributed by atoms with Crippen LogP contribution in [0.5, 0.6) is 0 Å². The van der Waals surface area contributed by atoms with Crippen LogP contribution in [0.4, 0.5) is 0 Å². The van der Waals surface area contributed by atoms with E-state index in [4.69, 9.17) is 9.63 Å². The molecule has 0 saturated carbocycles. The van der Waals surface area contributed by atoms with E-state index in [0.29, 0.717) is 5.92 Å². The van der Waals surface area contributed by atoms with Gasteiger partial charge in [-0.15, -0.1) is 0 Å². The Morgan fingerprint density at radius 2 is 2.05 bits per heavy atom. The summed E-state index contributed by atoms with van der Waals surface area (Å²) in [5.74, 6) is 1.12. The summed E-state index contributed by atoms with van der Waals surface area (Å²) in [6, 6.07) is 0. The quantitative estimate of drug-likeness (QED) is 0.604. The van der Waals surface area contributed by atoms with Crippen molar-refractivity contribution in [3.8, 4) is 0 Å². The number of unbranched alkanes of at least 4 members (excludes halogenated alkanes) is 2. The lowest BCUT2D eigenvalue weighted by atomic mass is 9.98. The van der Waals surface area contributed by atoms with Gasteiger partial charge in [0.05, 0.1) is 12.3 Å². The first kappa shape index (κ1) is 17.8. The third kappa shape index (κ3) is 6.53. The maximum absolute atomic E-state index is 9.56. The van der Waals surface area contributed by atoms with Crippen LogP contribution in [0.3, 0.4) is 0 Å². The number of carbonyl (C=O) groups excluding carboxylic acids is 1. The van der Waals surface area contributed by atoms with Gasteiger partial charge in [-0.2, -0.15) is 0 Å². The lowest BCUT2D eigenvalue weighted by Crippen LogP contribution is -1.98. The summed E-state index contributed by atoms with van der Waals surface area (Å²) in [5.41, 5.74) is 1.78. The molecule has 1 N–H and O–H groups in total. The fourth-order valence-corrected chi connectivity index (χ4v) is 1.85. The van der Waals surface area contributed by atoms with Crippen molar-refractivity contribution in [1.29, 1.82) is 0 Å². The minimum Gasteiger partial charge on any atom is -0.391 e. The minimum absolute atomic E-state index is 0.0265. The van der Waals surface area contributed by atoms with Crippen molar-refractivity contribution in [1.82, 2.24) is 5.16 Å². The number of nitrogens with zero attached hydrogens (tertiary/aromatic N) is 1. The highest BCUT2D eigenvalue weighted by Crippen LogP contribution is 2.25. The van der Waals surface area contributed by atoms with Crippen LogP contribution in [0.15, 0.2) is 4.52 Å². The maximum atomic E-state index is 9.56. The Bertz CT molecular complexity index is 347. The van der Waals surface area contributed by atoms with Crippen molar-refractivity contribution in [2.24, 2.45) is 0 Å². The molecule has 0 amide bonds. The molecule has 110 valence electrons. The molecule has 0 bridgehead atoms. The fraction of sp³-hybridized carbons (Fsp3) is 0.733. The van der Waals surface area contributed by atoms with Crippen LogP contribution in [0.1, 0.15) is 75.8 Å². The molecule has 1 aromatic rings. The number of aromatic nitrogens is 1. The van der Waals surface area contributed by atoms with Gasteiger partial charge in [0.1, 0.15) is 12.0 Å². The summed E-state index contributed by atoms with van der Waals surface area (Å²) in [6.07, 6.45) is 6.07. The SMILES string of the molecule is CCCC(C)c1noc(C)c1CO.CCCCC=O. The zero-order valence-corrected chi connectivity index (χ0v) is 12.6. The highest BCUT2D eigenvalue weighted by molar-refractivity contribution is 5.48. The van der Waals surface area contributed by atoms with E-state index in [0.717, 1.165) is 55.4 Å². The first-order valence-electron chi connectivity index (χ1n) is 7.11. The molecular weight excluding hydrogens is 242 g/mol. The lowest BCUT2D eigenvalue weighted by molar-refractivity contribution is -0.107. The monoisotopic (exact) mass is 269 g/mol. The van der Waals surface area contributed by atoms with E-state index in [1.54, 1.807) is 0 Å². The van der Waals surface area contributed by atoms with E-state index in [1.165, 1.54) is 0 Å². The Morgan fingerprint density at radius 3 is 2.47 bits per heavy atom. The van der Waals surface area contributed by atoms with Crippen LogP contribution in [0.25, 0.3) is 0 Å². The average Bonchev–Trinajstić information content (AvgIpc) is 2.78. The van der Waals surface area contributed by atoms with Crippen LogP contribution in [0, 0.1) is 6.92 Å². The number of hydrogen-bond donors (Lipinski definition) is 1. The first-order chi connectivity index (χ1) is 9.12. The number of rotatable bonds is 7. The number of carbonyl (C=O) groups is 1. The maximum Gasteiger partial charge on any atom is 0.139 e. The highest BCUT2D eigenvalue weighted by Gasteiger charge is 2.16. The Balaban J connectivity index is 0.000000459. The van der Waals surface area contributed by atoms with Crippen LogP contribution in [-0.2, 0) is 11.4 Å². The Kier molecular flexibility index (Phi) is 10.1. The Labute approximate surface area is 116 Å². The van der Waals surface area contributed by atoms with Gasteiger partial charge in [-0.1, -0.05) is 38.8 Å². The second-order valence-corrected chi connectivity index (χ2v) is 4.76. The molecule has 19 heavy (non-hydrogen) atoms. The third-order valence-electron chi connectivity index (χ3n) is 3.04. The van der Waals surface area contributed by atoms with E-state index in [1.807, 2.05) is 6.92 Å². The molecule has 1 atom stereocenters. The van der Waals surface area contributed by atoms with Gasteiger partial charge in [0.15, 0.2) is 0 Å². The number of aliphatic hydroxyl groups is 1. The van der Waals surface area contributed by atoms with E-state index in [2.05, 4.69) is 25.9 Å². The van der Waals surface area contributed by atoms with Gasteiger partial charge >= 0.3 is 0 Å². The van der Waals surface area contributed by atoms with Crippen LogP contribution in [0.2, 0.25) is 0 Å². The highest BCUT2D eigenvalue weighted by atomic mass is 16.5. The van der Waals surface area contributed by atoms with Gasteiger partial charge < -0.3 is 14.4 Å². The predicted molar refractivity (Wildman–Crippen MR) is 76.1 cm³/mol. The second-order valence-electron chi connectivity index (χ2n) is 4.76. The van der Waals surface area contributed by atoms with Crippen molar-refractivity contribution < 1.29 is 14.4 Å². The van der Waals surface area contributed by atoms with Crippen molar-refractivity contribution in [2.45, 2.75) is 72.3 Å². The average molecular weight is 269 g/mol. The molecule has 0 spiro atoms. The Morgan fingerprint density at radius 1 is 1.37 bits per heavy atom. The molecule has 0 aliphatic rings. The molecule has 4 nitrogen and oxygen atoms in total. The molecule has 0 radical (unpaired) electrons. The standard InChI is InChI=1S/C10H17NO2.C5H10O/c1-4-5-7(2)10-9(6-12)8(3)13-11-10;1-2-3-4-5-6/h7,12H,4-6H2,1-3H3;5H,2-4H2,1H3. The molecule has 1 heterocycles. The van der Waals surface area contributed by atoms with E-state index < -0.39 is 0 Å². The Hall–Kier alpha value is -1.16. The van der Waals surface area contributed by atoms with Crippen molar-refractivity contribution >= 4 is 6.29 Å². The molecule has 0 saturated heterocycles. The molecule has 0 aliphatic carbocycles. The van der Waals surface area contributed by atoms with Gasteiger partial charge in [0.25, 0.3) is 0 Å². The van der Waals surface area contributed by atoms with Gasteiger partial charge in [-0.05, 0) is 19.8 Å². The molecule has 4 heteroatoms. The summed E-state index contributed by atoms with van der Waals surface area (Å²) < 4.78 is 5.04. The van der Waals surface area contributed by atoms with Gasteiger partial charge in [0, 0.05) is 17.9 Å². The summed E-state index contributed by atoms with van der Waals surface area (Å²) in [6.45, 7) is 8.19. The molecule has 1 unspecified atom stereocenters. The number of aliphatic hydroxyl groups excluding tert-OH is 1. The normalized spacial score (nSPS) is 11.6. The summed E-state index contributed by atoms with van der Waals surface area (Å²) in [7, 11) is 0. The minimum atomic E-state index is 0.0265. The number of aldehydes is 1. The summed E-state index contributed by atoms with van der Waals surface area (Å²) in [5, 5.41) is 13.1. The zero-order valence-electron chi connectivity index (χ0n) is 12.6. The van der Waals surface area contributed by atoms with Gasteiger partial charge in [0.2, 0.25) is 0 Å². The largest absolute Gasteiger partial charge is 0.391 e. The molecule has 0 aliphatic heterocycles. The molecule has 0 aromatic carbocycles. The molecule has 1 rings (SSSR count). The topological polar surface area (TPSA) is 63.3 Å². The third-order valence-corrected chi connectivity index (χ3v) is 3.04. The summed E-state index contributed by atoms with van der Waals surface area (Å²) >= 11 is 0. The fourth-order valence-electron chi connectivity index (χ4n) is 1.85. The lowest BCUT2D eigenvalue weighted by Gasteiger charge is -2.06. The van der Waals surface area contributed by atoms with Crippen LogP contribution in [-0.4, -0.2) is 16.5 Å². The van der Waals surface area contributed by atoms with Crippen molar-refractivity contribution in [3.05, 3.63) is 17.0 Å². The number of hydrogen-bond acceptors (Lipinski definition) is 4. The predicted octanol–water partition coefficient (Wildman–Crippen LogP) is 3.75. The smallest absolute Gasteiger partial charge is 0.139 e. The van der Waals surface area contributed by atoms with E-state index in [9.17, 15) is 4.79 Å². The van der Waals surface area contributed by atoms with E-state index in [-0.39, 0.29) is 6.61 Å². The van der Waals surface area contributed by atoms with Crippen LogP contribution >= 0.6 is 0 Å². The molecule has 1 aromatic heterocycles. The van der Waals surface area contributed by atoms with Crippen molar-refractivity contribution in [3.63, 3.8) is 0 Å². The van der Waals surface area contributed by atoms with Crippen LogP contribution < -0.4 is 0 Å². The van der Waals surface area contributed by atoms with Gasteiger partial charge in [-0.25, -0.2) is 0 Å². The van der Waals surface area contributed by atoms with Gasteiger partial charge in [-0.3, -0.25) is 0 Å². The molecular formula is C15H27NO3. The molecule has 0 fully saturated rings. The summed E-state index contributed by atoms with van der Waals surface area (Å²) in [4.78, 5) is 9.56. The number of aryl methyl sites for hydroxylation is 1. The first-order valence-corrected chi connectivity index (χ1v) is 7.11. The second kappa shape index (κ2) is 10.7. The van der Waals surface area contributed by atoms with Crippen molar-refractivity contribution in [2.75, 3.05) is 0 Å². The van der Waals surface area contributed by atoms with E-state index >= 15 is 0 Å². The zero-order chi connectivity index (χ0) is 14.7.